The molecular weight excluding hydrogens is 493 g/mol. The molecule has 2 aliphatic rings. The van der Waals surface area contributed by atoms with Crippen LogP contribution >= 0.6 is 35.7 Å². The van der Waals surface area contributed by atoms with Crippen LogP contribution in [0, 0.1) is 0 Å². The number of hydrogen-bond donors (Lipinski definition) is 2. The van der Waals surface area contributed by atoms with E-state index in [0.717, 1.165) is 38.0 Å². The summed E-state index contributed by atoms with van der Waals surface area (Å²) in [6.45, 7) is 3.92. The third kappa shape index (κ3) is 6.25. The van der Waals surface area contributed by atoms with Gasteiger partial charge in [0.2, 0.25) is 0 Å². The summed E-state index contributed by atoms with van der Waals surface area (Å²) in [7, 11) is 1.83. The van der Waals surface area contributed by atoms with E-state index in [9.17, 15) is 0 Å². The molecule has 29 heavy (non-hydrogen) atoms. The van der Waals surface area contributed by atoms with Crippen LogP contribution in [0.3, 0.4) is 0 Å². The minimum absolute atomic E-state index is 0. The third-order valence-corrected chi connectivity index (χ3v) is 6.88. The van der Waals surface area contributed by atoms with Gasteiger partial charge < -0.3 is 15.5 Å². The maximum Gasteiger partial charge on any atom is 0.191 e. The van der Waals surface area contributed by atoms with Crippen molar-refractivity contribution >= 4 is 47.5 Å². The predicted molar refractivity (Wildman–Crippen MR) is 134 cm³/mol. The lowest BCUT2D eigenvalue weighted by Gasteiger charge is -2.19. The molecule has 4 rings (SSSR count). The smallest absolute Gasteiger partial charge is 0.191 e. The number of benzene rings is 1. The molecule has 0 atom stereocenters. The Balaban J connectivity index is 0.00000240. The minimum Gasteiger partial charge on any atom is -0.357 e. The topological polar surface area (TPSA) is 52.6 Å². The fourth-order valence-corrected chi connectivity index (χ4v) is 4.78. The number of rotatable bonds is 7. The van der Waals surface area contributed by atoms with Gasteiger partial charge in [-0.2, -0.15) is 0 Å². The van der Waals surface area contributed by atoms with Gasteiger partial charge in [0, 0.05) is 49.1 Å². The number of thioether (sulfide) groups is 1. The molecular formula is C22H30IN5S. The Morgan fingerprint density at radius 2 is 1.90 bits per heavy atom. The molecule has 2 N–H and O–H groups in total. The molecule has 0 bridgehead atoms. The van der Waals surface area contributed by atoms with Gasteiger partial charge in [-0.25, -0.2) is 4.98 Å². The highest BCUT2D eigenvalue weighted by molar-refractivity contribution is 14.0. The van der Waals surface area contributed by atoms with Gasteiger partial charge in [-0.15, -0.1) is 35.7 Å². The van der Waals surface area contributed by atoms with Crippen LogP contribution in [0.2, 0.25) is 0 Å². The zero-order valence-electron chi connectivity index (χ0n) is 16.9. The van der Waals surface area contributed by atoms with Gasteiger partial charge in [0.05, 0.1) is 0 Å². The fraction of sp³-hybridized carbons (Fsp3) is 0.455. The number of hydrogen-bond acceptors (Lipinski definition) is 4. The quantitative estimate of drug-likeness (QED) is 0.322. The number of halogens is 1. The summed E-state index contributed by atoms with van der Waals surface area (Å²) in [4.78, 5) is 12.6. The van der Waals surface area contributed by atoms with Crippen LogP contribution in [-0.4, -0.2) is 42.4 Å². The molecule has 0 radical (unpaired) electrons. The first kappa shape index (κ1) is 22.2. The summed E-state index contributed by atoms with van der Waals surface area (Å²) < 4.78 is 0.304. The lowest BCUT2D eigenvalue weighted by molar-refractivity contribution is 0.765. The SMILES string of the molecule is CN=C(NCc1ccnc(N2CCCC2)c1)NCC1(Sc2ccccc2)CC1.I. The first-order valence-corrected chi connectivity index (χ1v) is 11.0. The average molecular weight is 523 g/mol. The first-order valence-electron chi connectivity index (χ1n) is 10.1. The summed E-state index contributed by atoms with van der Waals surface area (Å²) in [6, 6.07) is 14.9. The molecule has 1 aromatic carbocycles. The standard InChI is InChI=1S/C22H29N5S.HI/c1-23-21(26-17-22(10-11-22)28-19-7-3-2-4-8-19)25-16-18-9-12-24-20(15-18)27-13-5-6-14-27;/h2-4,7-9,12,15H,5-6,10-11,13-14,16-17H2,1H3,(H2,23,25,26);1H. The van der Waals surface area contributed by atoms with E-state index in [1.807, 2.05) is 25.0 Å². The minimum atomic E-state index is 0. The number of aliphatic imine (C=N–C) groups is 1. The van der Waals surface area contributed by atoms with Crippen molar-refractivity contribution in [1.29, 1.82) is 0 Å². The third-order valence-electron chi connectivity index (χ3n) is 5.39. The Labute approximate surface area is 195 Å². The maximum absolute atomic E-state index is 4.53. The molecule has 0 unspecified atom stereocenters. The molecule has 0 amide bonds. The van der Waals surface area contributed by atoms with Gasteiger partial charge in [0.15, 0.2) is 5.96 Å². The Bertz CT molecular complexity index is 804. The Morgan fingerprint density at radius 3 is 2.59 bits per heavy atom. The van der Waals surface area contributed by atoms with Gasteiger partial charge in [-0.3, -0.25) is 4.99 Å². The van der Waals surface area contributed by atoms with Gasteiger partial charge in [-0.1, -0.05) is 18.2 Å². The number of pyridine rings is 1. The van der Waals surface area contributed by atoms with Crippen molar-refractivity contribution in [3.05, 3.63) is 54.2 Å². The number of nitrogens with zero attached hydrogens (tertiary/aromatic N) is 3. The summed E-state index contributed by atoms with van der Waals surface area (Å²) in [5.74, 6) is 1.95. The molecule has 1 saturated heterocycles. The highest BCUT2D eigenvalue weighted by Gasteiger charge is 2.43. The summed E-state index contributed by atoms with van der Waals surface area (Å²) >= 11 is 1.98. The summed E-state index contributed by atoms with van der Waals surface area (Å²) in [5, 5.41) is 6.98. The molecule has 1 aliphatic carbocycles. The van der Waals surface area contributed by atoms with Crippen LogP contribution in [0.5, 0.6) is 0 Å². The van der Waals surface area contributed by atoms with Crippen LogP contribution in [-0.2, 0) is 6.54 Å². The van der Waals surface area contributed by atoms with Crippen molar-refractivity contribution in [3.8, 4) is 0 Å². The largest absolute Gasteiger partial charge is 0.357 e. The molecule has 0 spiro atoms. The van der Waals surface area contributed by atoms with Crippen LogP contribution < -0.4 is 15.5 Å². The molecule has 5 nitrogen and oxygen atoms in total. The van der Waals surface area contributed by atoms with E-state index in [-0.39, 0.29) is 24.0 Å². The molecule has 1 aliphatic heterocycles. The number of guanidine groups is 1. The monoisotopic (exact) mass is 523 g/mol. The highest BCUT2D eigenvalue weighted by Crippen LogP contribution is 2.51. The Hall–Kier alpha value is -1.48. The fourth-order valence-electron chi connectivity index (χ4n) is 3.53. The molecule has 7 heteroatoms. The summed E-state index contributed by atoms with van der Waals surface area (Å²) in [5.41, 5.74) is 1.24. The van der Waals surface area contributed by atoms with Crippen molar-refractivity contribution < 1.29 is 0 Å². The van der Waals surface area contributed by atoms with E-state index in [0.29, 0.717) is 4.75 Å². The number of aromatic nitrogens is 1. The second kappa shape index (κ2) is 10.5. The van der Waals surface area contributed by atoms with Crippen LogP contribution in [0.15, 0.2) is 58.5 Å². The Kier molecular flexibility index (Phi) is 8.06. The molecule has 156 valence electrons. The maximum atomic E-state index is 4.53. The van der Waals surface area contributed by atoms with Crippen molar-refractivity contribution in [2.24, 2.45) is 4.99 Å². The van der Waals surface area contributed by atoms with Crippen LogP contribution in [0.4, 0.5) is 5.82 Å². The average Bonchev–Trinajstić information content (AvgIpc) is 3.27. The Morgan fingerprint density at radius 1 is 1.14 bits per heavy atom. The first-order chi connectivity index (χ1) is 13.8. The molecule has 2 heterocycles. The lowest BCUT2D eigenvalue weighted by Crippen LogP contribution is -2.40. The van der Waals surface area contributed by atoms with Gasteiger partial charge in [0.1, 0.15) is 5.82 Å². The lowest BCUT2D eigenvalue weighted by atomic mass is 10.2. The summed E-state index contributed by atoms with van der Waals surface area (Å²) in [6.07, 6.45) is 6.95. The van der Waals surface area contributed by atoms with E-state index in [2.05, 4.69) is 68.0 Å². The highest BCUT2D eigenvalue weighted by atomic mass is 127. The zero-order chi connectivity index (χ0) is 19.2. The van der Waals surface area contributed by atoms with Crippen molar-refractivity contribution in [2.45, 2.75) is 41.9 Å². The normalized spacial score (nSPS) is 17.6. The number of nitrogens with one attached hydrogen (secondary N) is 2. The molecule has 1 saturated carbocycles. The van der Waals surface area contributed by atoms with Crippen LogP contribution in [0.25, 0.3) is 0 Å². The zero-order valence-corrected chi connectivity index (χ0v) is 20.1. The van der Waals surface area contributed by atoms with Crippen molar-refractivity contribution in [2.75, 3.05) is 31.6 Å². The van der Waals surface area contributed by atoms with E-state index < -0.39 is 0 Å². The van der Waals surface area contributed by atoms with Crippen molar-refractivity contribution in [1.82, 2.24) is 15.6 Å². The van der Waals surface area contributed by atoms with Crippen LogP contribution in [0.1, 0.15) is 31.2 Å². The van der Waals surface area contributed by atoms with E-state index in [1.54, 1.807) is 0 Å². The van der Waals surface area contributed by atoms with Gasteiger partial charge in [0.25, 0.3) is 0 Å². The van der Waals surface area contributed by atoms with E-state index >= 15 is 0 Å². The van der Waals surface area contributed by atoms with Gasteiger partial charge in [-0.05, 0) is 55.5 Å². The second-order valence-corrected chi connectivity index (χ2v) is 9.14. The predicted octanol–water partition coefficient (Wildman–Crippen LogP) is 4.29. The van der Waals surface area contributed by atoms with Crippen molar-refractivity contribution in [3.63, 3.8) is 0 Å². The number of anilines is 1. The van der Waals surface area contributed by atoms with E-state index in [1.165, 1.54) is 36.1 Å². The molecule has 2 fully saturated rings. The second-order valence-electron chi connectivity index (χ2n) is 7.59. The molecule has 2 aromatic rings. The van der Waals surface area contributed by atoms with Gasteiger partial charge >= 0.3 is 0 Å². The van der Waals surface area contributed by atoms with E-state index in [4.69, 9.17) is 0 Å². The molecule has 1 aromatic heterocycles.